The second kappa shape index (κ2) is 4.53. The number of nitriles is 1. The van der Waals surface area contributed by atoms with Gasteiger partial charge >= 0.3 is 0 Å². The first-order chi connectivity index (χ1) is 8.19. The molecule has 17 heavy (non-hydrogen) atoms. The van der Waals surface area contributed by atoms with E-state index in [1.165, 1.54) is 24.4 Å². The molecule has 2 aromatic rings. The van der Waals surface area contributed by atoms with E-state index in [4.69, 9.17) is 5.26 Å². The molecule has 0 saturated carbocycles. The van der Waals surface area contributed by atoms with Crippen molar-refractivity contribution in [3.63, 3.8) is 0 Å². The molecule has 5 nitrogen and oxygen atoms in total. The minimum absolute atomic E-state index is 0.0825. The maximum atomic E-state index is 12.9. The van der Waals surface area contributed by atoms with Crippen molar-refractivity contribution in [3.05, 3.63) is 58.0 Å². The minimum Gasteiger partial charge on any atom is -0.268 e. The summed E-state index contributed by atoms with van der Waals surface area (Å²) >= 11 is 0. The minimum atomic E-state index is -0.480. The average Bonchev–Trinajstić information content (AvgIpc) is 2.32. The molecular formula is C11H7FN4O. The molecule has 6 heteroatoms. The van der Waals surface area contributed by atoms with Crippen molar-refractivity contribution < 1.29 is 4.39 Å². The van der Waals surface area contributed by atoms with Crippen molar-refractivity contribution in [2.45, 2.75) is 6.54 Å². The van der Waals surface area contributed by atoms with E-state index in [-0.39, 0.29) is 17.8 Å². The maximum absolute atomic E-state index is 12.9. The fourth-order valence-electron chi connectivity index (χ4n) is 1.34. The normalized spacial score (nSPS) is 9.88. The standard InChI is InChI=1S/C11H7FN4O/c12-9-3-8(5-14-6-9)7-16-11(17)2-1-10(4-13)15-16/h1-3,5-6H,7H2. The molecule has 0 fully saturated rings. The Labute approximate surface area is 95.8 Å². The fourth-order valence-corrected chi connectivity index (χ4v) is 1.34. The largest absolute Gasteiger partial charge is 0.268 e. The molecule has 0 radical (unpaired) electrons. The van der Waals surface area contributed by atoms with Crippen LogP contribution in [0, 0.1) is 17.1 Å². The lowest BCUT2D eigenvalue weighted by Crippen LogP contribution is -2.23. The zero-order chi connectivity index (χ0) is 12.3. The third-order valence-electron chi connectivity index (χ3n) is 2.08. The molecule has 0 aliphatic heterocycles. The Morgan fingerprint density at radius 1 is 1.41 bits per heavy atom. The molecule has 2 heterocycles. The first-order valence-electron chi connectivity index (χ1n) is 4.77. The van der Waals surface area contributed by atoms with Crippen LogP contribution in [0.5, 0.6) is 0 Å². The summed E-state index contributed by atoms with van der Waals surface area (Å²) in [4.78, 5) is 15.1. The number of hydrogen-bond donors (Lipinski definition) is 0. The van der Waals surface area contributed by atoms with E-state index in [9.17, 15) is 9.18 Å². The monoisotopic (exact) mass is 230 g/mol. The molecule has 0 unspecified atom stereocenters. The summed E-state index contributed by atoms with van der Waals surface area (Å²) in [7, 11) is 0. The van der Waals surface area contributed by atoms with E-state index in [2.05, 4.69) is 10.1 Å². The first-order valence-corrected chi connectivity index (χ1v) is 4.77. The number of halogens is 1. The number of hydrogen-bond acceptors (Lipinski definition) is 4. The highest BCUT2D eigenvalue weighted by molar-refractivity contribution is 5.17. The summed E-state index contributed by atoms with van der Waals surface area (Å²) in [5, 5.41) is 12.5. The summed E-state index contributed by atoms with van der Waals surface area (Å²) in [5.74, 6) is -0.480. The van der Waals surface area contributed by atoms with Crippen molar-refractivity contribution in [1.29, 1.82) is 5.26 Å². The second-order valence-electron chi connectivity index (χ2n) is 3.34. The van der Waals surface area contributed by atoms with Crippen molar-refractivity contribution >= 4 is 0 Å². The third-order valence-corrected chi connectivity index (χ3v) is 2.08. The Hall–Kier alpha value is -2.55. The van der Waals surface area contributed by atoms with Crippen LogP contribution >= 0.6 is 0 Å². The average molecular weight is 230 g/mol. The van der Waals surface area contributed by atoms with Gasteiger partial charge in [-0.3, -0.25) is 9.78 Å². The molecule has 84 valence electrons. The third kappa shape index (κ3) is 2.52. The van der Waals surface area contributed by atoms with E-state index >= 15 is 0 Å². The highest BCUT2D eigenvalue weighted by atomic mass is 19.1. The molecule has 0 aromatic carbocycles. The Bertz CT molecular complexity index is 644. The van der Waals surface area contributed by atoms with Crippen molar-refractivity contribution in [1.82, 2.24) is 14.8 Å². The predicted molar refractivity (Wildman–Crippen MR) is 56.5 cm³/mol. The molecule has 0 aliphatic carbocycles. The second-order valence-corrected chi connectivity index (χ2v) is 3.34. The van der Waals surface area contributed by atoms with Gasteiger partial charge in [-0.1, -0.05) is 0 Å². The Morgan fingerprint density at radius 2 is 2.24 bits per heavy atom. The van der Waals surface area contributed by atoms with Gasteiger partial charge in [0.05, 0.1) is 12.7 Å². The van der Waals surface area contributed by atoms with E-state index in [0.29, 0.717) is 5.56 Å². The van der Waals surface area contributed by atoms with Gasteiger partial charge in [0.15, 0.2) is 5.69 Å². The molecule has 0 N–H and O–H groups in total. The zero-order valence-electron chi connectivity index (χ0n) is 8.67. The van der Waals surface area contributed by atoms with Crippen LogP contribution in [0.4, 0.5) is 4.39 Å². The molecule has 0 aliphatic rings. The van der Waals surface area contributed by atoms with Gasteiger partial charge in [-0.25, -0.2) is 9.07 Å². The van der Waals surface area contributed by atoms with Crippen LogP contribution in [0.3, 0.4) is 0 Å². The number of pyridine rings is 1. The van der Waals surface area contributed by atoms with Gasteiger partial charge in [0.1, 0.15) is 11.9 Å². The van der Waals surface area contributed by atoms with Gasteiger partial charge < -0.3 is 0 Å². The number of nitrogens with zero attached hydrogens (tertiary/aromatic N) is 4. The lowest BCUT2D eigenvalue weighted by atomic mass is 10.3. The maximum Gasteiger partial charge on any atom is 0.267 e. The molecule has 0 bridgehead atoms. The SMILES string of the molecule is N#Cc1ccc(=O)n(Cc2cncc(F)c2)n1. The molecule has 0 amide bonds. The summed E-state index contributed by atoms with van der Waals surface area (Å²) in [6.07, 6.45) is 2.52. The lowest BCUT2D eigenvalue weighted by Gasteiger charge is -2.03. The molecule has 0 spiro atoms. The Balaban J connectivity index is 2.36. The highest BCUT2D eigenvalue weighted by Gasteiger charge is 2.02. The van der Waals surface area contributed by atoms with Gasteiger partial charge in [0, 0.05) is 12.3 Å². The summed E-state index contributed by atoms with van der Waals surface area (Å²) in [5.41, 5.74) is 0.289. The van der Waals surface area contributed by atoms with E-state index in [0.717, 1.165) is 10.9 Å². The molecule has 2 aromatic heterocycles. The fraction of sp³-hybridized carbons (Fsp3) is 0.0909. The lowest BCUT2D eigenvalue weighted by molar-refractivity contribution is 0.602. The summed E-state index contributed by atoms with van der Waals surface area (Å²) in [6, 6.07) is 5.68. The van der Waals surface area contributed by atoms with Crippen LogP contribution < -0.4 is 5.56 Å². The van der Waals surface area contributed by atoms with E-state index in [1.807, 2.05) is 6.07 Å². The quantitative estimate of drug-likeness (QED) is 0.761. The molecule has 2 rings (SSSR count). The van der Waals surface area contributed by atoms with Crippen LogP contribution in [0.15, 0.2) is 35.4 Å². The molecular weight excluding hydrogens is 223 g/mol. The first kappa shape index (κ1) is 11.0. The highest BCUT2D eigenvalue weighted by Crippen LogP contribution is 2.01. The van der Waals surface area contributed by atoms with Gasteiger partial charge in [-0.2, -0.15) is 10.4 Å². The van der Waals surface area contributed by atoms with Crippen LogP contribution in [0.2, 0.25) is 0 Å². The Kier molecular flexibility index (Phi) is 2.92. The van der Waals surface area contributed by atoms with Crippen LogP contribution in [-0.2, 0) is 6.54 Å². The topological polar surface area (TPSA) is 71.6 Å². The number of aromatic nitrogens is 3. The van der Waals surface area contributed by atoms with Gasteiger partial charge in [-0.05, 0) is 17.7 Å². The van der Waals surface area contributed by atoms with Gasteiger partial charge in [0.25, 0.3) is 5.56 Å². The van der Waals surface area contributed by atoms with Gasteiger partial charge in [-0.15, -0.1) is 0 Å². The zero-order valence-corrected chi connectivity index (χ0v) is 8.67. The van der Waals surface area contributed by atoms with Crippen molar-refractivity contribution in [2.75, 3.05) is 0 Å². The summed E-state index contributed by atoms with van der Waals surface area (Å²) < 4.78 is 14.0. The van der Waals surface area contributed by atoms with Crippen LogP contribution in [-0.4, -0.2) is 14.8 Å². The van der Waals surface area contributed by atoms with E-state index in [1.54, 1.807) is 0 Å². The van der Waals surface area contributed by atoms with Crippen molar-refractivity contribution in [3.8, 4) is 6.07 Å². The smallest absolute Gasteiger partial charge is 0.267 e. The Morgan fingerprint density at radius 3 is 2.94 bits per heavy atom. The van der Waals surface area contributed by atoms with Crippen LogP contribution in [0.25, 0.3) is 0 Å². The molecule has 0 atom stereocenters. The number of rotatable bonds is 2. The summed E-state index contributed by atoms with van der Waals surface area (Å²) in [6.45, 7) is 0.0825. The van der Waals surface area contributed by atoms with Gasteiger partial charge in [0.2, 0.25) is 0 Å². The van der Waals surface area contributed by atoms with Crippen LogP contribution in [0.1, 0.15) is 11.3 Å². The molecule has 0 saturated heterocycles. The predicted octanol–water partition coefficient (Wildman–Crippen LogP) is 0.697. The van der Waals surface area contributed by atoms with E-state index < -0.39 is 5.82 Å². The van der Waals surface area contributed by atoms with Crippen molar-refractivity contribution in [2.24, 2.45) is 0 Å².